The number of benzene rings is 2. The van der Waals surface area contributed by atoms with E-state index in [1.807, 2.05) is 23.6 Å². The Morgan fingerprint density at radius 3 is 2.48 bits per heavy atom. The van der Waals surface area contributed by atoms with Gasteiger partial charge in [-0.1, -0.05) is 48.5 Å². The van der Waals surface area contributed by atoms with Crippen LogP contribution in [-0.4, -0.2) is 39.5 Å². The number of nitrogens with zero attached hydrogens (tertiary/aromatic N) is 2. The number of halogens is 3. The standard InChI is InChI=1S/C23H21Cl2FN2O2.Li/c1-13-7-9-16(24)12-19(13)28-21(15-8-10-18(26)17(25)11-15)20(23(29)30)27-22(28)14-5-3-2-4-6-14;/h7-12,14H,2-6H2,1H3,(H,29,30);. The zero-order valence-electron chi connectivity index (χ0n) is 17.5. The molecule has 4 nitrogen and oxygen atoms in total. The van der Waals surface area contributed by atoms with Crippen molar-refractivity contribution in [2.24, 2.45) is 0 Å². The SMILES string of the molecule is Cc1ccc(Cl)cc1-n1c(C2CCCCC2)nc(C(=O)O)c1-c1ccc(F)c(Cl)c1.[Li]. The Morgan fingerprint density at radius 2 is 1.84 bits per heavy atom. The first-order chi connectivity index (χ1) is 14.4. The molecular weight excluding hydrogens is 433 g/mol. The van der Waals surface area contributed by atoms with E-state index in [0.29, 0.717) is 22.1 Å². The summed E-state index contributed by atoms with van der Waals surface area (Å²) in [5, 5.41) is 10.4. The smallest absolute Gasteiger partial charge is 0.356 e. The summed E-state index contributed by atoms with van der Waals surface area (Å²) in [5.74, 6) is -0.858. The van der Waals surface area contributed by atoms with Crippen molar-refractivity contribution in [1.82, 2.24) is 9.55 Å². The molecule has 8 heteroatoms. The van der Waals surface area contributed by atoms with Crippen molar-refractivity contribution < 1.29 is 14.3 Å². The van der Waals surface area contributed by atoms with Gasteiger partial charge in [0.05, 0.1) is 16.4 Å². The Bertz CT molecular complexity index is 1130. The molecule has 4 rings (SSSR count). The number of aromatic carboxylic acids is 1. The van der Waals surface area contributed by atoms with E-state index in [4.69, 9.17) is 23.2 Å². The Hall–Kier alpha value is -1.77. The first kappa shape index (κ1) is 23.9. The van der Waals surface area contributed by atoms with Crippen LogP contribution in [0.2, 0.25) is 10.0 Å². The van der Waals surface area contributed by atoms with E-state index in [0.717, 1.165) is 36.9 Å². The molecule has 0 unspecified atom stereocenters. The van der Waals surface area contributed by atoms with Crippen molar-refractivity contribution in [1.29, 1.82) is 0 Å². The molecule has 157 valence electrons. The maximum Gasteiger partial charge on any atom is 0.356 e. The number of carboxylic acid groups (broad SMARTS) is 1. The molecule has 1 aliphatic carbocycles. The molecule has 0 atom stereocenters. The van der Waals surface area contributed by atoms with Gasteiger partial charge in [0.2, 0.25) is 0 Å². The fraction of sp³-hybridized carbons (Fsp3) is 0.304. The number of aryl methyl sites for hydroxylation is 1. The Morgan fingerprint density at radius 1 is 1.13 bits per heavy atom. The average Bonchev–Trinajstić information content (AvgIpc) is 3.13. The van der Waals surface area contributed by atoms with Gasteiger partial charge in [-0.05, 0) is 55.7 Å². The van der Waals surface area contributed by atoms with Gasteiger partial charge in [-0.3, -0.25) is 4.57 Å². The monoisotopic (exact) mass is 453 g/mol. The Kier molecular flexibility index (Phi) is 7.54. The summed E-state index contributed by atoms with van der Waals surface area (Å²) < 4.78 is 15.7. The van der Waals surface area contributed by atoms with E-state index < -0.39 is 11.8 Å². The van der Waals surface area contributed by atoms with E-state index >= 15 is 0 Å². The van der Waals surface area contributed by atoms with Crippen molar-refractivity contribution in [3.63, 3.8) is 0 Å². The summed E-state index contributed by atoms with van der Waals surface area (Å²) in [5.41, 5.74) is 2.50. The van der Waals surface area contributed by atoms with Crippen LogP contribution in [0.25, 0.3) is 16.9 Å². The van der Waals surface area contributed by atoms with Crippen LogP contribution in [0.1, 0.15) is 59.9 Å². The van der Waals surface area contributed by atoms with Crippen molar-refractivity contribution in [3.05, 3.63) is 69.3 Å². The van der Waals surface area contributed by atoms with Gasteiger partial charge in [-0.15, -0.1) is 0 Å². The molecule has 1 radical (unpaired) electrons. The molecule has 2 aromatic carbocycles. The fourth-order valence-corrected chi connectivity index (χ4v) is 4.55. The van der Waals surface area contributed by atoms with E-state index in [-0.39, 0.29) is 35.5 Å². The first-order valence-electron chi connectivity index (χ1n) is 9.94. The van der Waals surface area contributed by atoms with Gasteiger partial charge in [0.1, 0.15) is 11.6 Å². The van der Waals surface area contributed by atoms with Crippen molar-refractivity contribution >= 4 is 48.0 Å². The maximum atomic E-state index is 13.8. The minimum atomic E-state index is -1.14. The third-order valence-corrected chi connectivity index (χ3v) is 6.21. The number of hydrogen-bond acceptors (Lipinski definition) is 2. The van der Waals surface area contributed by atoms with Crippen LogP contribution in [-0.2, 0) is 0 Å². The quantitative estimate of drug-likeness (QED) is 0.449. The number of rotatable bonds is 4. The number of carboxylic acids is 1. The number of hydrogen-bond donors (Lipinski definition) is 1. The molecule has 3 aromatic rings. The van der Waals surface area contributed by atoms with E-state index in [2.05, 4.69) is 4.98 Å². The van der Waals surface area contributed by atoms with Crippen LogP contribution in [0.15, 0.2) is 36.4 Å². The van der Waals surface area contributed by atoms with Gasteiger partial charge in [0.25, 0.3) is 0 Å². The molecule has 0 amide bonds. The van der Waals surface area contributed by atoms with Gasteiger partial charge in [-0.25, -0.2) is 14.2 Å². The van der Waals surface area contributed by atoms with E-state index in [1.54, 1.807) is 6.07 Å². The van der Waals surface area contributed by atoms with Crippen LogP contribution in [0.4, 0.5) is 4.39 Å². The zero-order valence-corrected chi connectivity index (χ0v) is 19.0. The van der Waals surface area contributed by atoms with Gasteiger partial charge < -0.3 is 5.11 Å². The number of carbonyl (C=O) groups is 1. The molecule has 0 spiro atoms. The second-order valence-corrected chi connectivity index (χ2v) is 8.55. The molecule has 1 fully saturated rings. The third kappa shape index (κ3) is 4.71. The van der Waals surface area contributed by atoms with Gasteiger partial charge in [0, 0.05) is 35.4 Å². The van der Waals surface area contributed by atoms with Crippen molar-refractivity contribution in [2.75, 3.05) is 0 Å². The minimum Gasteiger partial charge on any atom is -0.476 e. The van der Waals surface area contributed by atoms with Crippen molar-refractivity contribution in [3.8, 4) is 16.9 Å². The largest absolute Gasteiger partial charge is 0.476 e. The van der Waals surface area contributed by atoms with Gasteiger partial charge in [-0.2, -0.15) is 0 Å². The zero-order chi connectivity index (χ0) is 21.4. The molecule has 0 saturated heterocycles. The molecule has 1 N–H and O–H groups in total. The van der Waals surface area contributed by atoms with Gasteiger partial charge in [0.15, 0.2) is 5.69 Å². The molecule has 1 saturated carbocycles. The van der Waals surface area contributed by atoms with Crippen LogP contribution in [0.5, 0.6) is 0 Å². The number of imidazole rings is 1. The van der Waals surface area contributed by atoms with Gasteiger partial charge >= 0.3 is 5.97 Å². The van der Waals surface area contributed by atoms with Crippen LogP contribution >= 0.6 is 23.2 Å². The predicted octanol–water partition coefficient (Wildman–Crippen LogP) is 6.66. The summed E-state index contributed by atoms with van der Waals surface area (Å²) in [6, 6.07) is 9.72. The molecule has 1 aliphatic rings. The van der Waals surface area contributed by atoms with Crippen LogP contribution < -0.4 is 0 Å². The molecule has 1 heterocycles. The Labute approximate surface area is 202 Å². The minimum absolute atomic E-state index is 0. The third-order valence-electron chi connectivity index (χ3n) is 5.68. The summed E-state index contributed by atoms with van der Waals surface area (Å²) in [7, 11) is 0. The molecule has 1 aromatic heterocycles. The fourth-order valence-electron chi connectivity index (χ4n) is 4.20. The maximum absolute atomic E-state index is 13.8. The normalized spacial score (nSPS) is 14.3. The van der Waals surface area contributed by atoms with Crippen molar-refractivity contribution in [2.45, 2.75) is 44.9 Å². The average molecular weight is 454 g/mol. The Balaban J connectivity index is 0.00000272. The first-order valence-corrected chi connectivity index (χ1v) is 10.7. The summed E-state index contributed by atoms with van der Waals surface area (Å²) in [4.78, 5) is 16.8. The molecule has 0 aliphatic heterocycles. The summed E-state index contributed by atoms with van der Waals surface area (Å²) in [6.07, 6.45) is 5.20. The second kappa shape index (κ2) is 9.79. The van der Waals surface area contributed by atoms with Crippen LogP contribution in [0, 0.1) is 12.7 Å². The molecule has 0 bridgehead atoms. The molecular formula is C23H21Cl2FLiN2O2. The molecule has 31 heavy (non-hydrogen) atoms. The van der Waals surface area contributed by atoms with E-state index in [9.17, 15) is 14.3 Å². The summed E-state index contributed by atoms with van der Waals surface area (Å²) >= 11 is 12.3. The predicted molar refractivity (Wildman–Crippen MR) is 122 cm³/mol. The second-order valence-electron chi connectivity index (χ2n) is 7.70. The summed E-state index contributed by atoms with van der Waals surface area (Å²) in [6.45, 7) is 1.94. The topological polar surface area (TPSA) is 55.1 Å². The van der Waals surface area contributed by atoms with E-state index in [1.165, 1.54) is 24.6 Å². The van der Waals surface area contributed by atoms with Crippen LogP contribution in [0.3, 0.4) is 0 Å². The number of aromatic nitrogens is 2.